The van der Waals surface area contributed by atoms with Gasteiger partial charge in [0.05, 0.1) is 25.0 Å². The monoisotopic (exact) mass is 268 g/mol. The van der Waals surface area contributed by atoms with Gasteiger partial charge < -0.3 is 4.74 Å². The van der Waals surface area contributed by atoms with Gasteiger partial charge in [0.25, 0.3) is 0 Å². The van der Waals surface area contributed by atoms with E-state index in [0.29, 0.717) is 5.92 Å². The van der Waals surface area contributed by atoms with Crippen LogP contribution in [0.2, 0.25) is 0 Å². The molecule has 0 atom stereocenters. The molecule has 0 aliphatic heterocycles. The number of ether oxygens (including phenoxy) is 1. The van der Waals surface area contributed by atoms with E-state index in [-0.39, 0.29) is 0 Å². The molecule has 0 saturated heterocycles. The van der Waals surface area contributed by atoms with Gasteiger partial charge in [-0.1, -0.05) is 44.2 Å². The van der Waals surface area contributed by atoms with E-state index in [1.165, 1.54) is 16.8 Å². The molecule has 104 valence electrons. The summed E-state index contributed by atoms with van der Waals surface area (Å²) in [6.45, 7) is 5.93. The van der Waals surface area contributed by atoms with Crippen molar-refractivity contribution >= 4 is 6.08 Å². The molecule has 1 aliphatic rings. The molecule has 1 aliphatic carbocycles. The molecule has 1 heterocycles. The summed E-state index contributed by atoms with van der Waals surface area (Å²) < 4.78 is 7.91. The van der Waals surface area contributed by atoms with Crippen molar-refractivity contribution in [3.63, 3.8) is 0 Å². The highest BCUT2D eigenvalue weighted by Crippen LogP contribution is 2.26. The van der Waals surface area contributed by atoms with E-state index in [1.807, 2.05) is 12.3 Å². The van der Waals surface area contributed by atoms with Crippen molar-refractivity contribution < 1.29 is 4.74 Å². The molecular formula is C17H20N2O. The first kappa shape index (κ1) is 13.0. The van der Waals surface area contributed by atoms with Crippen LogP contribution in [0.1, 0.15) is 30.7 Å². The standard InChI is InChI=1S/C17H20N2O/c1-13(2)12-20-16-8-15-10-18-19(17(15)9-16)11-14-6-4-3-5-7-14/h3-8,10,13H,9,11-12H2,1-2H3. The second kappa shape index (κ2) is 5.53. The van der Waals surface area contributed by atoms with Gasteiger partial charge in [0.2, 0.25) is 0 Å². The van der Waals surface area contributed by atoms with Crippen LogP contribution in [0.5, 0.6) is 0 Å². The number of hydrogen-bond donors (Lipinski definition) is 0. The lowest BCUT2D eigenvalue weighted by Crippen LogP contribution is -2.08. The van der Waals surface area contributed by atoms with Crippen LogP contribution >= 0.6 is 0 Å². The first-order valence-electron chi connectivity index (χ1n) is 7.14. The Balaban J connectivity index is 1.70. The van der Waals surface area contributed by atoms with Gasteiger partial charge in [0.1, 0.15) is 5.76 Å². The summed E-state index contributed by atoms with van der Waals surface area (Å²) in [6.07, 6.45) is 4.91. The first-order chi connectivity index (χ1) is 9.72. The van der Waals surface area contributed by atoms with E-state index in [1.54, 1.807) is 0 Å². The molecule has 0 spiro atoms. The van der Waals surface area contributed by atoms with Crippen LogP contribution in [0, 0.1) is 5.92 Å². The molecule has 3 nitrogen and oxygen atoms in total. The number of aromatic nitrogens is 2. The normalized spacial score (nSPS) is 13.4. The molecule has 0 radical (unpaired) electrons. The number of benzene rings is 1. The van der Waals surface area contributed by atoms with Crippen LogP contribution in [0.4, 0.5) is 0 Å². The van der Waals surface area contributed by atoms with Crippen molar-refractivity contribution in [2.24, 2.45) is 5.92 Å². The predicted octanol–water partition coefficient (Wildman–Crippen LogP) is 3.50. The molecule has 0 fully saturated rings. The molecule has 0 N–H and O–H groups in total. The maximum absolute atomic E-state index is 5.83. The van der Waals surface area contributed by atoms with Gasteiger partial charge in [-0.25, -0.2) is 0 Å². The van der Waals surface area contributed by atoms with Crippen molar-refractivity contribution in [3.8, 4) is 0 Å². The van der Waals surface area contributed by atoms with Crippen LogP contribution in [-0.2, 0) is 17.7 Å². The Labute approximate surface area is 119 Å². The molecule has 0 unspecified atom stereocenters. The molecule has 3 rings (SSSR count). The van der Waals surface area contributed by atoms with Crippen molar-refractivity contribution in [2.75, 3.05) is 6.61 Å². The second-order valence-corrected chi connectivity index (χ2v) is 5.68. The van der Waals surface area contributed by atoms with E-state index >= 15 is 0 Å². The number of allylic oxidation sites excluding steroid dienone is 1. The summed E-state index contributed by atoms with van der Waals surface area (Å²) in [5.41, 5.74) is 3.72. The third-order valence-electron chi connectivity index (χ3n) is 3.42. The van der Waals surface area contributed by atoms with Crippen LogP contribution in [-0.4, -0.2) is 16.4 Å². The predicted molar refractivity (Wildman–Crippen MR) is 80.2 cm³/mol. The maximum atomic E-state index is 5.83. The van der Waals surface area contributed by atoms with E-state index in [9.17, 15) is 0 Å². The zero-order chi connectivity index (χ0) is 13.9. The number of fused-ring (bicyclic) bond motifs is 1. The third kappa shape index (κ3) is 2.77. The van der Waals surface area contributed by atoms with Gasteiger partial charge in [-0.2, -0.15) is 5.10 Å². The fourth-order valence-corrected chi connectivity index (χ4v) is 2.39. The SMILES string of the molecule is CC(C)COC1=Cc2cnn(Cc3ccccc3)c2C1. The van der Waals surface area contributed by atoms with E-state index in [4.69, 9.17) is 4.74 Å². The van der Waals surface area contributed by atoms with Gasteiger partial charge in [-0.05, 0) is 17.6 Å². The van der Waals surface area contributed by atoms with Crippen molar-refractivity contribution in [2.45, 2.75) is 26.8 Å². The van der Waals surface area contributed by atoms with Crippen molar-refractivity contribution in [1.82, 2.24) is 9.78 Å². The minimum Gasteiger partial charge on any atom is -0.497 e. The van der Waals surface area contributed by atoms with Gasteiger partial charge in [0.15, 0.2) is 0 Å². The molecule has 1 aromatic carbocycles. The Morgan fingerprint density at radius 1 is 1.25 bits per heavy atom. The zero-order valence-corrected chi connectivity index (χ0v) is 12.0. The number of rotatable bonds is 5. The van der Waals surface area contributed by atoms with Crippen molar-refractivity contribution in [3.05, 3.63) is 59.1 Å². The van der Waals surface area contributed by atoms with E-state index in [0.717, 1.165) is 25.3 Å². The Morgan fingerprint density at radius 3 is 2.80 bits per heavy atom. The zero-order valence-electron chi connectivity index (χ0n) is 12.0. The third-order valence-corrected chi connectivity index (χ3v) is 3.42. The molecule has 1 aromatic heterocycles. The fourth-order valence-electron chi connectivity index (χ4n) is 2.39. The van der Waals surface area contributed by atoms with E-state index in [2.05, 4.69) is 54.0 Å². The van der Waals surface area contributed by atoms with Crippen LogP contribution in [0.25, 0.3) is 6.08 Å². The van der Waals surface area contributed by atoms with Gasteiger partial charge in [0, 0.05) is 12.0 Å². The smallest absolute Gasteiger partial charge is 0.103 e. The first-order valence-corrected chi connectivity index (χ1v) is 7.14. The fraction of sp³-hybridized carbons (Fsp3) is 0.353. The molecule has 2 aromatic rings. The quantitative estimate of drug-likeness (QED) is 0.830. The summed E-state index contributed by atoms with van der Waals surface area (Å²) in [5, 5.41) is 4.48. The lowest BCUT2D eigenvalue weighted by atomic mass is 10.2. The van der Waals surface area contributed by atoms with Gasteiger partial charge >= 0.3 is 0 Å². The minimum atomic E-state index is 0.556. The summed E-state index contributed by atoms with van der Waals surface area (Å²) in [5.74, 6) is 1.62. The average Bonchev–Trinajstić information content (AvgIpc) is 2.99. The van der Waals surface area contributed by atoms with Gasteiger partial charge in [-0.3, -0.25) is 4.68 Å². The number of nitrogens with zero attached hydrogens (tertiary/aromatic N) is 2. The van der Waals surface area contributed by atoms with E-state index < -0.39 is 0 Å². The number of hydrogen-bond acceptors (Lipinski definition) is 2. The van der Waals surface area contributed by atoms with Crippen LogP contribution in [0.3, 0.4) is 0 Å². The molecule has 0 amide bonds. The minimum absolute atomic E-state index is 0.556. The summed E-state index contributed by atoms with van der Waals surface area (Å²) in [4.78, 5) is 0. The Morgan fingerprint density at radius 2 is 2.05 bits per heavy atom. The van der Waals surface area contributed by atoms with Gasteiger partial charge in [-0.15, -0.1) is 0 Å². The highest BCUT2D eigenvalue weighted by molar-refractivity contribution is 5.59. The van der Waals surface area contributed by atoms with Crippen molar-refractivity contribution in [1.29, 1.82) is 0 Å². The molecular weight excluding hydrogens is 248 g/mol. The molecule has 3 heteroatoms. The topological polar surface area (TPSA) is 27.1 Å². The molecule has 0 saturated carbocycles. The highest BCUT2D eigenvalue weighted by Gasteiger charge is 2.19. The average molecular weight is 268 g/mol. The Hall–Kier alpha value is -2.03. The summed E-state index contributed by atoms with van der Waals surface area (Å²) in [6, 6.07) is 10.4. The maximum Gasteiger partial charge on any atom is 0.103 e. The Bertz CT molecular complexity index is 611. The summed E-state index contributed by atoms with van der Waals surface area (Å²) >= 11 is 0. The molecule has 0 bridgehead atoms. The lowest BCUT2D eigenvalue weighted by molar-refractivity contribution is 0.178. The highest BCUT2D eigenvalue weighted by atomic mass is 16.5. The lowest BCUT2D eigenvalue weighted by Gasteiger charge is -2.10. The van der Waals surface area contributed by atoms with Crippen LogP contribution in [0.15, 0.2) is 42.3 Å². The Kier molecular flexibility index (Phi) is 3.59. The van der Waals surface area contributed by atoms with Crippen LogP contribution < -0.4 is 0 Å². The largest absolute Gasteiger partial charge is 0.497 e. The molecule has 20 heavy (non-hydrogen) atoms. The summed E-state index contributed by atoms with van der Waals surface area (Å²) in [7, 11) is 0. The second-order valence-electron chi connectivity index (χ2n) is 5.68.